The zero-order valence-corrected chi connectivity index (χ0v) is 40.6. The summed E-state index contributed by atoms with van der Waals surface area (Å²) in [5.41, 5.74) is -6.36. The number of hydrogen-bond donors (Lipinski definition) is 3. The van der Waals surface area contributed by atoms with Crippen molar-refractivity contribution in [2.24, 2.45) is 28.6 Å². The van der Waals surface area contributed by atoms with Crippen LogP contribution < -0.4 is 15.1 Å². The molecule has 16 nitrogen and oxygen atoms in total. The molecule has 71 heavy (non-hydrogen) atoms. The van der Waals surface area contributed by atoms with Crippen molar-refractivity contribution >= 4 is 46.1 Å². The van der Waals surface area contributed by atoms with E-state index in [2.05, 4.69) is 4.90 Å². The minimum absolute atomic E-state index is 0.00958. The summed E-state index contributed by atoms with van der Waals surface area (Å²) >= 11 is 0. The third kappa shape index (κ3) is 8.18. The monoisotopic (exact) mass is 985 g/mol. The first kappa shape index (κ1) is 50.1. The Bertz CT molecular complexity index is 2810. The first-order valence-corrected chi connectivity index (χ1v) is 24.5. The molecular weight excluding hydrogens is 925 g/mol. The molecule has 9 rings (SSSR count). The summed E-state index contributed by atoms with van der Waals surface area (Å²) in [6.07, 6.45) is 7.23. The Hall–Kier alpha value is -5.82. The predicted molar refractivity (Wildman–Crippen MR) is 254 cm³/mol. The van der Waals surface area contributed by atoms with E-state index in [0.717, 1.165) is 18.9 Å². The molecule has 1 aromatic heterocycles. The van der Waals surface area contributed by atoms with Crippen LogP contribution in [0.5, 0.6) is 5.75 Å². The van der Waals surface area contributed by atoms with E-state index < -0.39 is 93.1 Å². The lowest BCUT2D eigenvalue weighted by molar-refractivity contribution is -0.219. The number of ether oxygens (including phenoxy) is 4. The van der Waals surface area contributed by atoms with Gasteiger partial charge in [0.25, 0.3) is 0 Å². The van der Waals surface area contributed by atoms with Gasteiger partial charge in [-0.1, -0.05) is 25.5 Å². The molecule has 0 spiro atoms. The number of esters is 2. The molecule has 9 atom stereocenters. The summed E-state index contributed by atoms with van der Waals surface area (Å²) in [6.45, 7) is 8.47. The standard InChI is InChI=1S/C53H61F2N3O13/c1-29-21-39-38-14-11-33-22-35(59)15-16-50(33,3)52(38,55)41(60)24-51(39,4)53(29,67)42(61)27-70-48(65)31-7-9-32(10-8-31)49(66)71-28-69-20-6-17-56-18-19-57(25-30(56)2)44-40(54)23-36-43(46(44)68-5)58(34-12-13-34)26-37(45(36)62)47(63)64/h7-10,15-16,22-23,26,29-30,34,38-39,41,60,67H,6,11-14,17-21,24-25,27-28H2,1-5H3,(H,63,64)/t29-,30?,38?,39+,41+,50+,51+,52+,53+/m1/s1. The molecule has 3 aromatic rings. The Morgan fingerprint density at radius 2 is 1.65 bits per heavy atom. The molecule has 0 bridgehead atoms. The molecule has 380 valence electrons. The average Bonchev–Trinajstić information content (AvgIpc) is 4.17. The number of aliphatic hydroxyl groups excluding tert-OH is 1. The van der Waals surface area contributed by atoms with E-state index in [1.165, 1.54) is 49.7 Å². The molecule has 0 amide bonds. The SMILES string of the molecule is COc1c(N2CCN(CCCOCOC(=O)c3ccc(C(=O)OCC(=O)[C@@]4(O)[C@H](C)C[C@H]5C6CCC7=CC(=O)C=C[C@]7(C)[C@@]6(F)[C@@H](O)C[C@@]54C)cc3)C(C)C2)c(F)cc2c(=O)c(C(=O)O)cn(C3CC3)c12. The highest BCUT2D eigenvalue weighted by Gasteiger charge is 2.75. The van der Waals surface area contributed by atoms with Crippen LogP contribution in [0.15, 0.2) is 65.1 Å². The highest BCUT2D eigenvalue weighted by molar-refractivity contribution is 6.01. The van der Waals surface area contributed by atoms with E-state index in [9.17, 15) is 44.1 Å². The molecule has 2 unspecified atom stereocenters. The van der Waals surface area contributed by atoms with Crippen LogP contribution in [-0.4, -0.2) is 131 Å². The highest BCUT2D eigenvalue weighted by Crippen LogP contribution is 2.70. The number of rotatable bonds is 15. The fourth-order valence-electron chi connectivity index (χ4n) is 13.1. The van der Waals surface area contributed by atoms with Gasteiger partial charge in [-0.3, -0.25) is 19.3 Å². The normalized spacial score (nSPS) is 31.3. The summed E-state index contributed by atoms with van der Waals surface area (Å²) < 4.78 is 57.2. The van der Waals surface area contributed by atoms with Crippen LogP contribution in [0.3, 0.4) is 0 Å². The number of hydrogen-bond acceptors (Lipinski definition) is 14. The quantitative estimate of drug-likeness (QED) is 0.0908. The first-order valence-electron chi connectivity index (χ1n) is 24.5. The van der Waals surface area contributed by atoms with E-state index >= 15 is 8.78 Å². The van der Waals surface area contributed by atoms with Gasteiger partial charge in [-0.05, 0) is 113 Å². The van der Waals surface area contributed by atoms with Crippen LogP contribution in [0.1, 0.15) is 110 Å². The van der Waals surface area contributed by atoms with Gasteiger partial charge in [0, 0.05) is 61.2 Å². The molecule has 4 saturated carbocycles. The van der Waals surface area contributed by atoms with E-state index in [1.807, 2.05) is 11.8 Å². The minimum atomic E-state index is -2.13. The van der Waals surface area contributed by atoms with Gasteiger partial charge in [-0.2, -0.15) is 0 Å². The molecule has 2 heterocycles. The lowest BCUT2D eigenvalue weighted by atomic mass is 9.44. The number of benzene rings is 2. The highest BCUT2D eigenvalue weighted by atomic mass is 19.1. The van der Waals surface area contributed by atoms with Gasteiger partial charge >= 0.3 is 17.9 Å². The van der Waals surface area contributed by atoms with E-state index in [0.29, 0.717) is 63.0 Å². The molecule has 6 aliphatic rings. The van der Waals surface area contributed by atoms with Gasteiger partial charge in [0.2, 0.25) is 11.2 Å². The van der Waals surface area contributed by atoms with Crippen molar-refractivity contribution < 1.29 is 67.0 Å². The molecule has 2 aromatic carbocycles. The third-order valence-electron chi connectivity index (χ3n) is 17.0. The number of piperazine rings is 1. The Morgan fingerprint density at radius 3 is 2.30 bits per heavy atom. The largest absolute Gasteiger partial charge is 0.492 e. The lowest BCUT2D eigenvalue weighted by Crippen LogP contribution is -2.69. The maximum atomic E-state index is 17.5. The van der Waals surface area contributed by atoms with Crippen LogP contribution in [-0.2, 0) is 23.8 Å². The number of nitrogens with zero attached hydrogens (tertiary/aromatic N) is 3. The topological polar surface area (TPSA) is 211 Å². The van der Waals surface area contributed by atoms with Crippen molar-refractivity contribution in [1.29, 1.82) is 0 Å². The second kappa shape index (κ2) is 18.7. The minimum Gasteiger partial charge on any atom is -0.492 e. The summed E-state index contributed by atoms with van der Waals surface area (Å²) in [5.74, 6) is -6.19. The summed E-state index contributed by atoms with van der Waals surface area (Å²) in [5, 5.41) is 33.5. The van der Waals surface area contributed by atoms with E-state index in [4.69, 9.17) is 18.9 Å². The zero-order valence-electron chi connectivity index (χ0n) is 40.6. The number of Topliss-reactive ketones (excluding diaryl/α,β-unsaturated/α-hetero) is 1. The number of anilines is 1. The molecular formula is C53H61F2N3O13. The molecule has 18 heteroatoms. The average molecular weight is 986 g/mol. The van der Waals surface area contributed by atoms with Gasteiger partial charge in [0.05, 0.1) is 41.9 Å². The molecule has 3 N–H and O–H groups in total. The van der Waals surface area contributed by atoms with Crippen LogP contribution in [0.25, 0.3) is 10.9 Å². The smallest absolute Gasteiger partial charge is 0.341 e. The van der Waals surface area contributed by atoms with Crippen LogP contribution in [0.4, 0.5) is 14.5 Å². The number of aliphatic hydroxyl groups is 2. The number of alkyl halides is 1. The molecule has 5 fully saturated rings. The van der Waals surface area contributed by atoms with Gasteiger partial charge in [0.15, 0.2) is 36.4 Å². The Morgan fingerprint density at radius 1 is 0.958 bits per heavy atom. The van der Waals surface area contributed by atoms with Crippen LogP contribution in [0, 0.1) is 34.4 Å². The Balaban J connectivity index is 0.730. The fraction of sp³-hybridized carbons (Fsp3) is 0.547. The van der Waals surface area contributed by atoms with Gasteiger partial charge in [-0.15, -0.1) is 0 Å². The molecule has 1 saturated heterocycles. The fourth-order valence-corrected chi connectivity index (χ4v) is 13.1. The molecule has 5 aliphatic carbocycles. The van der Waals surface area contributed by atoms with E-state index in [-0.39, 0.29) is 65.6 Å². The number of carboxylic acid groups (broad SMARTS) is 1. The van der Waals surface area contributed by atoms with Crippen LogP contribution >= 0.6 is 0 Å². The second-order valence-electron chi connectivity index (χ2n) is 20.8. The van der Waals surface area contributed by atoms with Crippen LogP contribution in [0.2, 0.25) is 0 Å². The number of fused-ring (bicyclic) bond motifs is 6. The van der Waals surface area contributed by atoms with Crippen molar-refractivity contribution in [1.82, 2.24) is 9.47 Å². The Kier molecular flexibility index (Phi) is 13.2. The maximum absolute atomic E-state index is 17.5. The van der Waals surface area contributed by atoms with Crippen molar-refractivity contribution in [2.45, 2.75) is 102 Å². The van der Waals surface area contributed by atoms with Crippen molar-refractivity contribution in [3.05, 3.63) is 93.1 Å². The number of carbonyl (C=O) groups excluding carboxylic acids is 4. The molecule has 0 radical (unpaired) electrons. The summed E-state index contributed by atoms with van der Waals surface area (Å²) in [4.78, 5) is 81.2. The second-order valence-corrected chi connectivity index (χ2v) is 20.8. The number of aromatic carboxylic acids is 1. The number of pyridine rings is 1. The third-order valence-corrected chi connectivity index (χ3v) is 17.0. The van der Waals surface area contributed by atoms with Crippen molar-refractivity contribution in [3.63, 3.8) is 0 Å². The number of allylic oxidation sites excluding steroid dienone is 4. The number of carbonyl (C=O) groups is 5. The van der Waals surface area contributed by atoms with Gasteiger partial charge in [0.1, 0.15) is 16.9 Å². The maximum Gasteiger partial charge on any atom is 0.341 e. The number of halogens is 2. The molecule has 1 aliphatic heterocycles. The van der Waals surface area contributed by atoms with Gasteiger partial charge < -0.3 is 43.7 Å². The summed E-state index contributed by atoms with van der Waals surface area (Å²) in [7, 11) is 1.41. The number of aromatic nitrogens is 1. The van der Waals surface area contributed by atoms with Crippen molar-refractivity contribution in [2.75, 3.05) is 58.2 Å². The first-order chi connectivity index (χ1) is 33.7. The number of carboxylic acids is 1. The Labute approximate surface area is 409 Å². The van der Waals surface area contributed by atoms with Gasteiger partial charge in [-0.25, -0.2) is 23.2 Å². The summed E-state index contributed by atoms with van der Waals surface area (Å²) in [6, 6.07) is 6.54. The van der Waals surface area contributed by atoms with E-state index in [1.54, 1.807) is 31.4 Å². The number of methoxy groups -OCH3 is 1. The zero-order chi connectivity index (χ0) is 50.9. The number of ketones is 2. The lowest BCUT2D eigenvalue weighted by Gasteiger charge is -2.62. The van der Waals surface area contributed by atoms with Crippen molar-refractivity contribution in [3.8, 4) is 5.75 Å². The predicted octanol–water partition coefficient (Wildman–Crippen LogP) is 5.99.